The van der Waals surface area contributed by atoms with E-state index >= 15 is 0 Å². The maximum absolute atomic E-state index is 11.5. The van der Waals surface area contributed by atoms with Gasteiger partial charge in [0, 0.05) is 12.8 Å². The Bertz CT molecular complexity index is 436. The van der Waals surface area contributed by atoms with Crippen LogP contribution in [0.15, 0.2) is 0 Å². The van der Waals surface area contributed by atoms with Crippen molar-refractivity contribution in [3.63, 3.8) is 0 Å². The maximum atomic E-state index is 11.5. The van der Waals surface area contributed by atoms with E-state index in [1.54, 1.807) is 21.6 Å². The first kappa shape index (κ1) is 24.1. The van der Waals surface area contributed by atoms with Gasteiger partial charge >= 0.3 is 0 Å². The van der Waals surface area contributed by atoms with Crippen LogP contribution < -0.4 is 10.6 Å². The summed E-state index contributed by atoms with van der Waals surface area (Å²) in [4.78, 5) is 22.9. The second kappa shape index (κ2) is 16.6. The lowest BCUT2D eigenvalue weighted by molar-refractivity contribution is -0.126. The van der Waals surface area contributed by atoms with Crippen molar-refractivity contribution in [1.29, 1.82) is 0 Å². The Balaban J connectivity index is 3.59. The molecule has 0 aliphatic heterocycles. The first-order valence-corrected chi connectivity index (χ1v) is 10.8. The van der Waals surface area contributed by atoms with Gasteiger partial charge in [-0.1, -0.05) is 55.2 Å². The number of ether oxygens (including phenoxy) is 2. The Morgan fingerprint density at radius 1 is 1.08 bits per heavy atom. The largest absolute Gasteiger partial charge is 0.369 e. The van der Waals surface area contributed by atoms with Crippen molar-refractivity contribution in [1.82, 2.24) is 10.6 Å². The minimum Gasteiger partial charge on any atom is -0.369 e. The third-order valence-corrected chi connectivity index (χ3v) is 5.40. The third kappa shape index (κ3) is 15.1. The summed E-state index contributed by atoms with van der Waals surface area (Å²) in [5, 5.41) is 5.70. The molecular weight excluding hydrogens is 360 g/mol. The molecule has 0 saturated heterocycles. The molecule has 144 valence electrons. The first-order valence-electron chi connectivity index (χ1n) is 8.46. The average Bonchev–Trinajstić information content (AvgIpc) is 2.59. The fraction of sp³-hybridized carbons (Fsp3) is 0.765. The molecule has 0 saturated carbocycles. The molecule has 0 aromatic rings. The van der Waals surface area contributed by atoms with Gasteiger partial charge in [-0.3, -0.25) is 9.59 Å². The van der Waals surface area contributed by atoms with E-state index in [9.17, 15) is 9.59 Å². The highest BCUT2D eigenvalue weighted by molar-refractivity contribution is 8.76. The summed E-state index contributed by atoms with van der Waals surface area (Å²) in [5.41, 5.74) is 0. The monoisotopic (exact) mass is 390 g/mol. The molecule has 2 N–H and O–H groups in total. The quantitative estimate of drug-likeness (QED) is 0.218. The molecule has 2 amide bonds. The molecular formula is C17H30N2O4S2. The van der Waals surface area contributed by atoms with E-state index in [2.05, 4.69) is 36.3 Å². The van der Waals surface area contributed by atoms with Crippen LogP contribution in [0.3, 0.4) is 0 Å². The van der Waals surface area contributed by atoms with Crippen molar-refractivity contribution in [3.8, 4) is 11.8 Å². The number of hydrogen-bond donors (Lipinski definition) is 2. The number of rotatable bonds is 13. The van der Waals surface area contributed by atoms with Crippen molar-refractivity contribution in [3.05, 3.63) is 0 Å². The Labute approximate surface area is 159 Å². The van der Waals surface area contributed by atoms with Crippen LogP contribution in [0, 0.1) is 17.8 Å². The molecule has 1 unspecified atom stereocenters. The molecule has 0 bridgehead atoms. The summed E-state index contributed by atoms with van der Waals surface area (Å²) in [6.45, 7) is 9.09. The number of nitrogens with one attached hydrogen (secondary N) is 2. The lowest BCUT2D eigenvalue weighted by Gasteiger charge is -2.20. The van der Waals surface area contributed by atoms with E-state index in [1.165, 1.54) is 0 Å². The van der Waals surface area contributed by atoms with Gasteiger partial charge < -0.3 is 20.1 Å². The zero-order valence-corrected chi connectivity index (χ0v) is 17.2. The Morgan fingerprint density at radius 2 is 1.80 bits per heavy atom. The van der Waals surface area contributed by atoms with E-state index in [1.807, 2.05) is 13.8 Å². The van der Waals surface area contributed by atoms with Crippen LogP contribution in [0.2, 0.25) is 0 Å². The SMILES string of the molecule is CCC#CCNC(=O)COCCOCSSC(NC(=O)CC)C(C)C. The summed E-state index contributed by atoms with van der Waals surface area (Å²) in [7, 11) is 3.15. The topological polar surface area (TPSA) is 76.7 Å². The van der Waals surface area contributed by atoms with Crippen molar-refractivity contribution < 1.29 is 19.1 Å². The number of carbonyl (C=O) groups excluding carboxylic acids is 2. The van der Waals surface area contributed by atoms with Gasteiger partial charge in [0.1, 0.15) is 12.5 Å². The van der Waals surface area contributed by atoms with E-state index in [4.69, 9.17) is 9.47 Å². The highest BCUT2D eigenvalue weighted by Crippen LogP contribution is 2.29. The normalized spacial score (nSPS) is 11.6. The second-order valence-corrected chi connectivity index (χ2v) is 7.82. The average molecular weight is 391 g/mol. The molecule has 8 heteroatoms. The van der Waals surface area contributed by atoms with Crippen molar-refractivity contribution in [2.45, 2.75) is 45.9 Å². The van der Waals surface area contributed by atoms with Crippen LogP contribution in [0.25, 0.3) is 0 Å². The van der Waals surface area contributed by atoms with Crippen molar-refractivity contribution >= 4 is 33.4 Å². The standard InChI is InChI=1S/C17H30N2O4S2/c1-5-7-8-9-18-16(21)12-22-10-11-23-13-24-25-17(14(3)4)19-15(20)6-2/h14,17H,5-6,9-13H2,1-4H3,(H,18,21)(H,19,20). The lowest BCUT2D eigenvalue weighted by atomic mass is 10.2. The van der Waals surface area contributed by atoms with Gasteiger partial charge in [-0.25, -0.2) is 0 Å². The van der Waals surface area contributed by atoms with Gasteiger partial charge in [0.05, 0.1) is 25.1 Å². The van der Waals surface area contributed by atoms with Gasteiger partial charge in [-0.2, -0.15) is 0 Å². The molecule has 0 heterocycles. The van der Waals surface area contributed by atoms with E-state index in [0.717, 1.165) is 6.42 Å². The summed E-state index contributed by atoms with van der Waals surface area (Å²) in [5.74, 6) is 6.42. The Morgan fingerprint density at radius 3 is 2.44 bits per heavy atom. The molecule has 1 atom stereocenters. The minimum absolute atomic E-state index is 0.0114. The van der Waals surface area contributed by atoms with Crippen LogP contribution in [0.5, 0.6) is 0 Å². The molecule has 0 fully saturated rings. The van der Waals surface area contributed by atoms with Crippen LogP contribution in [-0.2, 0) is 19.1 Å². The van der Waals surface area contributed by atoms with Gasteiger partial charge in [0.15, 0.2) is 0 Å². The molecule has 6 nitrogen and oxygen atoms in total. The second-order valence-electron chi connectivity index (χ2n) is 5.36. The van der Waals surface area contributed by atoms with Crippen molar-refractivity contribution in [2.24, 2.45) is 5.92 Å². The summed E-state index contributed by atoms with van der Waals surface area (Å²) in [6, 6.07) is 0. The molecule has 0 radical (unpaired) electrons. The fourth-order valence-electron chi connectivity index (χ4n) is 1.42. The Hall–Kier alpha value is -0.880. The molecule has 0 aromatic heterocycles. The third-order valence-electron chi connectivity index (χ3n) is 2.81. The summed E-state index contributed by atoms with van der Waals surface area (Å²) < 4.78 is 10.7. The van der Waals surface area contributed by atoms with E-state index < -0.39 is 0 Å². The van der Waals surface area contributed by atoms with Crippen LogP contribution >= 0.6 is 21.6 Å². The first-order chi connectivity index (χ1) is 12.0. The molecule has 0 aromatic carbocycles. The number of amides is 2. The molecule has 0 aliphatic rings. The predicted octanol–water partition coefficient (Wildman–Crippen LogP) is 2.40. The molecule has 25 heavy (non-hydrogen) atoms. The smallest absolute Gasteiger partial charge is 0.246 e. The highest BCUT2D eigenvalue weighted by atomic mass is 33.1. The fourth-order valence-corrected chi connectivity index (χ4v) is 3.83. The Kier molecular flexibility index (Phi) is 16.0. The van der Waals surface area contributed by atoms with Gasteiger partial charge in [-0.05, 0) is 5.92 Å². The van der Waals surface area contributed by atoms with Crippen molar-refractivity contribution in [2.75, 3.05) is 32.3 Å². The van der Waals surface area contributed by atoms with Gasteiger partial charge in [-0.15, -0.1) is 5.92 Å². The maximum Gasteiger partial charge on any atom is 0.246 e. The summed E-state index contributed by atoms with van der Waals surface area (Å²) in [6.07, 6.45) is 1.27. The zero-order chi connectivity index (χ0) is 18.9. The van der Waals surface area contributed by atoms with E-state index in [-0.39, 0.29) is 23.8 Å². The van der Waals surface area contributed by atoms with Crippen LogP contribution in [0.1, 0.15) is 40.5 Å². The zero-order valence-electron chi connectivity index (χ0n) is 15.6. The molecule has 0 rings (SSSR count). The highest BCUT2D eigenvalue weighted by Gasteiger charge is 2.16. The summed E-state index contributed by atoms with van der Waals surface area (Å²) >= 11 is 0. The van der Waals surface area contributed by atoms with E-state index in [0.29, 0.717) is 38.0 Å². The molecule has 0 aliphatic carbocycles. The van der Waals surface area contributed by atoms with Crippen LogP contribution in [-0.4, -0.2) is 49.5 Å². The number of hydrogen-bond acceptors (Lipinski definition) is 6. The van der Waals surface area contributed by atoms with Gasteiger partial charge in [0.25, 0.3) is 0 Å². The predicted molar refractivity (Wildman–Crippen MR) is 105 cm³/mol. The van der Waals surface area contributed by atoms with Crippen LogP contribution in [0.4, 0.5) is 0 Å². The number of carbonyl (C=O) groups is 2. The molecule has 0 spiro atoms. The minimum atomic E-state index is -0.179. The van der Waals surface area contributed by atoms with Gasteiger partial charge in [0.2, 0.25) is 11.8 Å². The lowest BCUT2D eigenvalue weighted by Crippen LogP contribution is -2.35.